The van der Waals surface area contributed by atoms with E-state index in [0.29, 0.717) is 33.6 Å². The van der Waals surface area contributed by atoms with E-state index in [0.717, 1.165) is 6.26 Å². The van der Waals surface area contributed by atoms with E-state index >= 15 is 0 Å². The Morgan fingerprint density at radius 3 is 2.83 bits per heavy atom. The van der Waals surface area contributed by atoms with Gasteiger partial charge in [0.15, 0.2) is 11.6 Å². The van der Waals surface area contributed by atoms with Gasteiger partial charge in [-0.05, 0) is 41.9 Å². The van der Waals surface area contributed by atoms with Gasteiger partial charge in [0.1, 0.15) is 24.0 Å². The Morgan fingerprint density at radius 2 is 2.05 bits per heavy atom. The number of anilines is 1. The predicted molar refractivity (Wildman–Crippen MR) is 153 cm³/mol. The molecular weight excluding hydrogens is 555 g/mol. The summed E-state index contributed by atoms with van der Waals surface area (Å²) in [6, 6.07) is 14.0. The number of para-hydroxylation sites is 1. The zero-order valence-corrected chi connectivity index (χ0v) is 23.4. The Labute approximate surface area is 240 Å². The summed E-state index contributed by atoms with van der Waals surface area (Å²) >= 11 is 6.55. The number of sulfonamides is 1. The van der Waals surface area contributed by atoms with Crippen LogP contribution in [0.3, 0.4) is 0 Å². The normalized spacial score (nSPS) is 16.9. The molecule has 0 aliphatic heterocycles. The van der Waals surface area contributed by atoms with Gasteiger partial charge in [0.05, 0.1) is 31.9 Å². The molecule has 0 saturated heterocycles. The molecule has 1 aliphatic carbocycles. The molecule has 0 saturated carbocycles. The third kappa shape index (κ3) is 6.35. The summed E-state index contributed by atoms with van der Waals surface area (Å²) in [5, 5.41) is 4.17. The van der Waals surface area contributed by atoms with Crippen LogP contribution in [0, 0.1) is 5.82 Å². The number of allylic oxidation sites excluding steroid dienone is 1. The lowest BCUT2D eigenvalue weighted by molar-refractivity contribution is 0.207. The van der Waals surface area contributed by atoms with Crippen LogP contribution in [0.4, 0.5) is 10.2 Å². The number of ether oxygens (including phenoxy) is 1. The van der Waals surface area contributed by atoms with Crippen LogP contribution >= 0.6 is 11.6 Å². The molecule has 0 fully saturated rings. The molecule has 208 valence electrons. The number of nitrogens with zero attached hydrogens (tertiary/aromatic N) is 3. The average molecular weight is 585 g/mol. The minimum Gasteiger partial charge on any atom is -0.488 e. The van der Waals surface area contributed by atoms with Crippen LogP contribution in [-0.4, -0.2) is 41.5 Å². The van der Waals surface area contributed by atoms with Gasteiger partial charge in [-0.3, -0.25) is 0 Å². The van der Waals surface area contributed by atoms with Crippen molar-refractivity contribution in [2.24, 2.45) is 0 Å². The molecule has 1 aliphatic rings. The van der Waals surface area contributed by atoms with E-state index in [1.165, 1.54) is 22.7 Å². The first-order valence-corrected chi connectivity index (χ1v) is 14.8. The van der Waals surface area contributed by atoms with Crippen molar-refractivity contribution in [2.45, 2.75) is 32.5 Å². The number of rotatable bonds is 10. The van der Waals surface area contributed by atoms with E-state index in [2.05, 4.69) is 10.3 Å². The van der Waals surface area contributed by atoms with Gasteiger partial charge < -0.3 is 14.5 Å². The maximum absolute atomic E-state index is 13.6. The Balaban J connectivity index is 1.44. The first-order valence-electron chi connectivity index (χ1n) is 13.5. The van der Waals surface area contributed by atoms with E-state index < -0.39 is 21.9 Å². The van der Waals surface area contributed by atoms with Crippen LogP contribution in [0.5, 0.6) is 0 Å². The Kier molecular flexibility index (Phi) is 7.44. The van der Waals surface area contributed by atoms with Gasteiger partial charge in [0, 0.05) is 30.5 Å². The fourth-order valence-corrected chi connectivity index (χ4v) is 5.39. The SMILES string of the molecule is [2H]C1=C([2H])C(Nc2nc(-c3occc3CN(CC)S(C)(=O)=O)nc3ccccc23)CC(Cl)=C1OCc1cccc(F)c1. The lowest BCUT2D eigenvalue weighted by Crippen LogP contribution is -2.29. The zero-order valence-electron chi connectivity index (χ0n) is 23.8. The fourth-order valence-electron chi connectivity index (χ4n) is 4.29. The van der Waals surface area contributed by atoms with E-state index in [1.54, 1.807) is 25.1 Å². The van der Waals surface area contributed by atoms with Gasteiger partial charge in [-0.2, -0.15) is 4.31 Å². The van der Waals surface area contributed by atoms with E-state index in [4.69, 9.17) is 28.5 Å². The summed E-state index contributed by atoms with van der Waals surface area (Å²) in [6.45, 7) is 2.12. The molecule has 0 bridgehead atoms. The van der Waals surface area contributed by atoms with Gasteiger partial charge in [0.2, 0.25) is 10.0 Å². The minimum absolute atomic E-state index is 0.00273. The summed E-state index contributed by atoms with van der Waals surface area (Å²) in [5.74, 6) is 0.624. The second kappa shape index (κ2) is 11.8. The highest BCUT2D eigenvalue weighted by molar-refractivity contribution is 7.88. The molecular formula is C29H28ClFN4O4S. The molecule has 2 heterocycles. The molecule has 1 atom stereocenters. The molecule has 1 N–H and O–H groups in total. The van der Waals surface area contributed by atoms with Gasteiger partial charge in [-0.15, -0.1) is 0 Å². The Bertz CT molecular complexity index is 1810. The molecule has 4 aromatic rings. The lowest BCUT2D eigenvalue weighted by Gasteiger charge is -2.22. The monoisotopic (exact) mass is 584 g/mol. The Hall–Kier alpha value is -3.73. The fraction of sp³-hybridized carbons (Fsp3) is 0.241. The molecule has 0 radical (unpaired) electrons. The first kappa shape index (κ1) is 25.3. The summed E-state index contributed by atoms with van der Waals surface area (Å²) in [4.78, 5) is 9.36. The molecule has 40 heavy (non-hydrogen) atoms. The molecule has 2 aromatic carbocycles. The van der Waals surface area contributed by atoms with E-state index in [9.17, 15) is 12.8 Å². The lowest BCUT2D eigenvalue weighted by atomic mass is 10.1. The van der Waals surface area contributed by atoms with Crippen LogP contribution in [0.15, 0.2) is 88.2 Å². The number of hydrogen-bond acceptors (Lipinski definition) is 7. The zero-order chi connectivity index (χ0) is 30.0. The summed E-state index contributed by atoms with van der Waals surface area (Å²) in [5.41, 5.74) is 1.77. The standard InChI is InChI=1S/C29H28ClFN4O4S/c1-3-35(40(2,36)37)17-20-13-14-38-27(20)29-33-25-10-5-4-9-23(25)28(34-29)32-22-11-12-26(24(30)16-22)39-18-19-7-6-8-21(31)15-19/h4-15,22H,3,16-18H2,1-2H3,(H,32,33,34)/i11D,12D. The van der Waals surface area contributed by atoms with Gasteiger partial charge >= 0.3 is 0 Å². The number of fused-ring (bicyclic) bond motifs is 1. The van der Waals surface area contributed by atoms with E-state index in [1.807, 2.05) is 24.3 Å². The van der Waals surface area contributed by atoms with Crippen LogP contribution < -0.4 is 5.32 Å². The molecule has 2 aromatic heterocycles. The van der Waals surface area contributed by atoms with Crippen molar-refractivity contribution in [3.63, 3.8) is 0 Å². The second-order valence-corrected chi connectivity index (χ2v) is 11.6. The van der Waals surface area contributed by atoms with Crippen molar-refractivity contribution in [3.05, 3.63) is 101 Å². The van der Waals surface area contributed by atoms with Gasteiger partial charge in [0.25, 0.3) is 0 Å². The Morgan fingerprint density at radius 1 is 1.23 bits per heavy atom. The number of hydrogen-bond donors (Lipinski definition) is 1. The highest BCUT2D eigenvalue weighted by Crippen LogP contribution is 2.31. The molecule has 0 amide bonds. The molecule has 0 spiro atoms. The highest BCUT2D eigenvalue weighted by Gasteiger charge is 2.23. The van der Waals surface area contributed by atoms with Crippen molar-refractivity contribution < 1.29 is 24.7 Å². The largest absolute Gasteiger partial charge is 0.488 e. The number of halogens is 2. The van der Waals surface area contributed by atoms with Crippen molar-refractivity contribution >= 4 is 38.3 Å². The summed E-state index contributed by atoms with van der Waals surface area (Å²) < 4.78 is 68.0. The molecule has 1 unspecified atom stereocenters. The maximum Gasteiger partial charge on any atom is 0.211 e. The minimum atomic E-state index is -3.44. The van der Waals surface area contributed by atoms with Crippen LogP contribution in [0.2, 0.25) is 0 Å². The van der Waals surface area contributed by atoms with Crippen LogP contribution in [0.1, 0.15) is 27.2 Å². The second-order valence-electron chi connectivity index (χ2n) is 9.20. The van der Waals surface area contributed by atoms with E-state index in [-0.39, 0.29) is 54.8 Å². The van der Waals surface area contributed by atoms with Gasteiger partial charge in [-0.25, -0.2) is 22.8 Å². The number of benzene rings is 2. The van der Waals surface area contributed by atoms with Crippen molar-refractivity contribution in [3.8, 4) is 11.6 Å². The van der Waals surface area contributed by atoms with Gasteiger partial charge in [-0.1, -0.05) is 48.8 Å². The first-order chi connectivity index (χ1) is 20.0. The smallest absolute Gasteiger partial charge is 0.211 e. The van der Waals surface area contributed by atoms with Crippen molar-refractivity contribution in [2.75, 3.05) is 18.1 Å². The quantitative estimate of drug-likeness (QED) is 0.236. The molecule has 11 heteroatoms. The summed E-state index contributed by atoms with van der Waals surface area (Å²) in [7, 11) is -3.44. The number of aromatic nitrogens is 2. The summed E-state index contributed by atoms with van der Waals surface area (Å²) in [6.07, 6.45) is 2.76. The topological polar surface area (TPSA) is 97.6 Å². The number of nitrogens with one attached hydrogen (secondary N) is 1. The maximum atomic E-state index is 13.6. The molecule has 5 rings (SSSR count). The average Bonchev–Trinajstić information content (AvgIpc) is 3.42. The molecule has 8 nitrogen and oxygen atoms in total. The van der Waals surface area contributed by atoms with Crippen LogP contribution in [0.25, 0.3) is 22.5 Å². The van der Waals surface area contributed by atoms with Crippen molar-refractivity contribution in [1.82, 2.24) is 14.3 Å². The third-order valence-corrected chi connectivity index (χ3v) is 7.95. The third-order valence-electron chi connectivity index (χ3n) is 6.29. The predicted octanol–water partition coefficient (Wildman–Crippen LogP) is 6.22. The number of furan rings is 1. The highest BCUT2D eigenvalue weighted by atomic mass is 35.5. The van der Waals surface area contributed by atoms with Crippen molar-refractivity contribution in [1.29, 1.82) is 0 Å². The van der Waals surface area contributed by atoms with Crippen LogP contribution in [-0.2, 0) is 27.9 Å².